The second-order valence-corrected chi connectivity index (χ2v) is 6.52. The maximum absolute atomic E-state index is 12.8. The van der Waals surface area contributed by atoms with Crippen molar-refractivity contribution in [3.05, 3.63) is 29.8 Å². The third-order valence-corrected chi connectivity index (χ3v) is 4.78. The first-order valence-corrected chi connectivity index (χ1v) is 8.66. The van der Waals surface area contributed by atoms with Gasteiger partial charge in [-0.05, 0) is 30.9 Å². The lowest BCUT2D eigenvalue weighted by Crippen LogP contribution is -2.49. The Morgan fingerprint density at radius 2 is 2.08 bits per heavy atom. The molecule has 2 aliphatic heterocycles. The van der Waals surface area contributed by atoms with E-state index >= 15 is 0 Å². The van der Waals surface area contributed by atoms with Crippen molar-refractivity contribution in [3.8, 4) is 5.75 Å². The molecule has 7 heteroatoms. The van der Waals surface area contributed by atoms with Gasteiger partial charge in [0.25, 0.3) is 0 Å². The number of hydrogen-bond donors (Lipinski definition) is 2. The van der Waals surface area contributed by atoms with Crippen molar-refractivity contribution >= 4 is 24.2 Å². The molecule has 2 aliphatic rings. The Balaban J connectivity index is 0.00000225. The molecule has 1 fully saturated rings. The zero-order chi connectivity index (χ0) is 16.9. The molecule has 0 aromatic heterocycles. The minimum absolute atomic E-state index is 0. The third-order valence-electron chi connectivity index (χ3n) is 4.78. The molecule has 0 spiro atoms. The SMILES string of the molecule is Cl.NCCNC(=O)C1CCCN(C(=O)C2COc3ccccc3C2)C1. The third kappa shape index (κ3) is 4.64. The standard InChI is InChI=1S/C18H25N3O3.ClH/c19-7-8-20-17(22)14-5-3-9-21(11-14)18(23)15-10-13-4-1-2-6-16(13)24-12-15;/h1-2,4,6,14-15H,3,5,7-12,19H2,(H,20,22);1H. The van der Waals surface area contributed by atoms with Crippen molar-refractivity contribution in [2.45, 2.75) is 19.3 Å². The summed E-state index contributed by atoms with van der Waals surface area (Å²) in [6.07, 6.45) is 2.39. The van der Waals surface area contributed by atoms with Crippen LogP contribution in [0.15, 0.2) is 24.3 Å². The predicted octanol–water partition coefficient (Wildman–Crippen LogP) is 0.973. The molecule has 0 radical (unpaired) electrons. The number of nitrogens with two attached hydrogens (primary N) is 1. The summed E-state index contributed by atoms with van der Waals surface area (Å²) in [6, 6.07) is 7.85. The number of rotatable bonds is 4. The fourth-order valence-electron chi connectivity index (χ4n) is 3.48. The number of ether oxygens (including phenoxy) is 1. The number of piperidine rings is 1. The average Bonchev–Trinajstić information content (AvgIpc) is 2.65. The Labute approximate surface area is 154 Å². The van der Waals surface area contributed by atoms with E-state index in [-0.39, 0.29) is 36.1 Å². The molecule has 1 saturated heterocycles. The molecule has 0 aliphatic carbocycles. The van der Waals surface area contributed by atoms with Gasteiger partial charge in [-0.25, -0.2) is 0 Å². The van der Waals surface area contributed by atoms with E-state index in [0.29, 0.717) is 32.7 Å². The van der Waals surface area contributed by atoms with Gasteiger partial charge in [-0.1, -0.05) is 18.2 Å². The summed E-state index contributed by atoms with van der Waals surface area (Å²) in [6.45, 7) is 2.54. The summed E-state index contributed by atoms with van der Waals surface area (Å²) in [5.74, 6) is 0.681. The second kappa shape index (κ2) is 9.06. The largest absolute Gasteiger partial charge is 0.492 e. The molecule has 0 saturated carbocycles. The number of benzene rings is 1. The van der Waals surface area contributed by atoms with Crippen LogP contribution in [0.4, 0.5) is 0 Å². The molecule has 1 aromatic carbocycles. The zero-order valence-corrected chi connectivity index (χ0v) is 15.1. The summed E-state index contributed by atoms with van der Waals surface area (Å²) in [7, 11) is 0. The topological polar surface area (TPSA) is 84.7 Å². The lowest BCUT2D eigenvalue weighted by molar-refractivity contribution is -0.140. The summed E-state index contributed by atoms with van der Waals surface area (Å²) in [5.41, 5.74) is 6.51. The van der Waals surface area contributed by atoms with E-state index in [0.717, 1.165) is 30.7 Å². The Morgan fingerprint density at radius 1 is 1.28 bits per heavy atom. The van der Waals surface area contributed by atoms with Crippen LogP contribution >= 0.6 is 12.4 Å². The quantitative estimate of drug-likeness (QED) is 0.830. The molecule has 6 nitrogen and oxygen atoms in total. The van der Waals surface area contributed by atoms with E-state index in [2.05, 4.69) is 5.32 Å². The molecular formula is C18H26ClN3O3. The first kappa shape index (κ1) is 19.5. The highest BCUT2D eigenvalue weighted by atomic mass is 35.5. The van der Waals surface area contributed by atoms with Gasteiger partial charge in [-0.2, -0.15) is 0 Å². The van der Waals surface area contributed by atoms with Gasteiger partial charge in [0.2, 0.25) is 11.8 Å². The molecule has 3 rings (SSSR count). The number of nitrogens with zero attached hydrogens (tertiary/aromatic N) is 1. The molecular weight excluding hydrogens is 342 g/mol. The van der Waals surface area contributed by atoms with Crippen molar-refractivity contribution in [2.75, 3.05) is 32.8 Å². The fraction of sp³-hybridized carbons (Fsp3) is 0.556. The Kier molecular flexibility index (Phi) is 7.08. The predicted molar refractivity (Wildman–Crippen MR) is 97.7 cm³/mol. The van der Waals surface area contributed by atoms with Gasteiger partial charge >= 0.3 is 0 Å². The van der Waals surface area contributed by atoms with Crippen LogP contribution < -0.4 is 15.8 Å². The van der Waals surface area contributed by atoms with Gasteiger partial charge < -0.3 is 20.7 Å². The van der Waals surface area contributed by atoms with Crippen molar-refractivity contribution < 1.29 is 14.3 Å². The van der Waals surface area contributed by atoms with Crippen molar-refractivity contribution in [1.29, 1.82) is 0 Å². The molecule has 25 heavy (non-hydrogen) atoms. The van der Waals surface area contributed by atoms with Crippen LogP contribution in [0, 0.1) is 11.8 Å². The van der Waals surface area contributed by atoms with Gasteiger partial charge in [-0.3, -0.25) is 9.59 Å². The van der Waals surface area contributed by atoms with Crippen LogP contribution in [0.5, 0.6) is 5.75 Å². The summed E-state index contributed by atoms with van der Waals surface area (Å²) in [4.78, 5) is 26.8. The van der Waals surface area contributed by atoms with Crippen LogP contribution in [0.1, 0.15) is 18.4 Å². The van der Waals surface area contributed by atoms with E-state index in [9.17, 15) is 9.59 Å². The van der Waals surface area contributed by atoms with E-state index in [1.807, 2.05) is 29.2 Å². The number of halogens is 1. The lowest BCUT2D eigenvalue weighted by atomic mass is 9.92. The van der Waals surface area contributed by atoms with Crippen molar-refractivity contribution in [2.24, 2.45) is 17.6 Å². The molecule has 3 N–H and O–H groups in total. The van der Waals surface area contributed by atoms with Gasteiger partial charge in [0, 0.05) is 26.2 Å². The minimum atomic E-state index is -0.161. The second-order valence-electron chi connectivity index (χ2n) is 6.52. The highest BCUT2D eigenvalue weighted by Gasteiger charge is 2.33. The molecule has 0 bridgehead atoms. The number of hydrogen-bond acceptors (Lipinski definition) is 4. The number of likely N-dealkylation sites (tertiary alicyclic amines) is 1. The van der Waals surface area contributed by atoms with E-state index in [1.165, 1.54) is 0 Å². The van der Waals surface area contributed by atoms with Crippen LogP contribution in [0.3, 0.4) is 0 Å². The highest BCUT2D eigenvalue weighted by molar-refractivity contribution is 5.85. The summed E-state index contributed by atoms with van der Waals surface area (Å²) >= 11 is 0. The van der Waals surface area contributed by atoms with Crippen LogP contribution in [-0.4, -0.2) is 49.5 Å². The minimum Gasteiger partial charge on any atom is -0.492 e. The van der Waals surface area contributed by atoms with E-state index < -0.39 is 0 Å². The molecule has 138 valence electrons. The van der Waals surface area contributed by atoms with Crippen molar-refractivity contribution in [3.63, 3.8) is 0 Å². The highest BCUT2D eigenvalue weighted by Crippen LogP contribution is 2.28. The molecule has 2 unspecified atom stereocenters. The maximum Gasteiger partial charge on any atom is 0.229 e. The van der Waals surface area contributed by atoms with Crippen molar-refractivity contribution in [1.82, 2.24) is 10.2 Å². The molecule has 1 aromatic rings. The van der Waals surface area contributed by atoms with Gasteiger partial charge in [0.05, 0.1) is 11.8 Å². The normalized spacial score (nSPS) is 22.2. The van der Waals surface area contributed by atoms with E-state index in [4.69, 9.17) is 10.5 Å². The zero-order valence-electron chi connectivity index (χ0n) is 14.3. The first-order chi connectivity index (χ1) is 11.7. The maximum atomic E-state index is 12.8. The monoisotopic (exact) mass is 367 g/mol. The Morgan fingerprint density at radius 3 is 2.88 bits per heavy atom. The van der Waals surface area contributed by atoms with Crippen LogP contribution in [-0.2, 0) is 16.0 Å². The lowest BCUT2D eigenvalue weighted by Gasteiger charge is -2.35. The molecule has 2 heterocycles. The van der Waals surface area contributed by atoms with E-state index in [1.54, 1.807) is 0 Å². The number of carbonyl (C=O) groups excluding carboxylic acids is 2. The number of carbonyl (C=O) groups is 2. The number of nitrogens with one attached hydrogen (secondary N) is 1. The number of amides is 2. The summed E-state index contributed by atoms with van der Waals surface area (Å²) < 4.78 is 5.73. The smallest absolute Gasteiger partial charge is 0.229 e. The van der Waals surface area contributed by atoms with Crippen LogP contribution in [0.25, 0.3) is 0 Å². The number of para-hydroxylation sites is 1. The van der Waals surface area contributed by atoms with Gasteiger partial charge in [0.15, 0.2) is 0 Å². The molecule has 2 amide bonds. The van der Waals surface area contributed by atoms with Crippen LogP contribution in [0.2, 0.25) is 0 Å². The molecule has 2 atom stereocenters. The average molecular weight is 368 g/mol. The number of fused-ring (bicyclic) bond motifs is 1. The fourth-order valence-corrected chi connectivity index (χ4v) is 3.48. The van der Waals surface area contributed by atoms with Gasteiger partial charge in [-0.15, -0.1) is 12.4 Å². The Bertz CT molecular complexity index is 611. The van der Waals surface area contributed by atoms with Gasteiger partial charge in [0.1, 0.15) is 12.4 Å². The Hall–Kier alpha value is -1.79. The summed E-state index contributed by atoms with van der Waals surface area (Å²) in [5, 5.41) is 2.83. The first-order valence-electron chi connectivity index (χ1n) is 8.66.